The maximum atomic E-state index is 10.7. The summed E-state index contributed by atoms with van der Waals surface area (Å²) in [7, 11) is 0. The molecule has 0 heterocycles. The van der Waals surface area contributed by atoms with E-state index in [1.165, 1.54) is 0 Å². The van der Waals surface area contributed by atoms with Gasteiger partial charge in [0.05, 0.1) is 5.92 Å². The highest BCUT2D eigenvalue weighted by molar-refractivity contribution is 5.62. The summed E-state index contributed by atoms with van der Waals surface area (Å²) in [6.07, 6.45) is 1.04. The summed E-state index contributed by atoms with van der Waals surface area (Å²) in [6.45, 7) is 4.11. The van der Waals surface area contributed by atoms with Crippen molar-refractivity contribution in [3.8, 4) is 5.75 Å². The third-order valence-electron chi connectivity index (χ3n) is 2.96. The Morgan fingerprint density at radius 1 is 1.29 bits per heavy atom. The monoisotopic (exact) mass is 190 g/mol. The minimum Gasteiger partial charge on any atom is -0.489 e. The molecule has 0 aliphatic heterocycles. The molecule has 1 fully saturated rings. The molecule has 1 aliphatic carbocycles. The highest BCUT2D eigenvalue weighted by atomic mass is 16.5. The second-order valence-corrected chi connectivity index (χ2v) is 4.33. The largest absolute Gasteiger partial charge is 0.489 e. The summed E-state index contributed by atoms with van der Waals surface area (Å²) in [6, 6.07) is 9.63. The average Bonchev–Trinajstić information content (AvgIpc) is 2.69. The van der Waals surface area contributed by atoms with Crippen molar-refractivity contribution in [2.24, 2.45) is 11.3 Å². The molecule has 0 N–H and O–H groups in total. The van der Waals surface area contributed by atoms with Gasteiger partial charge in [0.2, 0.25) is 0 Å². The van der Waals surface area contributed by atoms with Gasteiger partial charge < -0.3 is 9.53 Å². The van der Waals surface area contributed by atoms with Gasteiger partial charge in [-0.1, -0.05) is 32.0 Å². The lowest BCUT2D eigenvalue weighted by molar-refractivity contribution is -0.109. The summed E-state index contributed by atoms with van der Waals surface area (Å²) in [4.78, 5) is 10.7. The first-order valence-electron chi connectivity index (χ1n) is 4.83. The smallest absolute Gasteiger partial charge is 0.127 e. The molecule has 1 aromatic carbocycles. The molecule has 1 aliphatic rings. The first kappa shape index (κ1) is 9.25. The molecule has 2 rings (SSSR count). The van der Waals surface area contributed by atoms with Crippen molar-refractivity contribution in [2.75, 3.05) is 0 Å². The predicted octanol–water partition coefficient (Wildman–Crippen LogP) is 2.29. The highest BCUT2D eigenvalue weighted by Crippen LogP contribution is 2.52. The van der Waals surface area contributed by atoms with Crippen LogP contribution in [0.3, 0.4) is 0 Å². The highest BCUT2D eigenvalue weighted by Gasteiger charge is 2.60. The first-order chi connectivity index (χ1) is 6.66. The van der Waals surface area contributed by atoms with Crippen LogP contribution < -0.4 is 4.74 Å². The quantitative estimate of drug-likeness (QED) is 0.683. The molecule has 2 unspecified atom stereocenters. The molecule has 2 nitrogen and oxygen atoms in total. The van der Waals surface area contributed by atoms with E-state index in [0.29, 0.717) is 0 Å². The van der Waals surface area contributed by atoms with Crippen molar-refractivity contribution in [3.05, 3.63) is 30.3 Å². The lowest BCUT2D eigenvalue weighted by Crippen LogP contribution is -2.04. The van der Waals surface area contributed by atoms with E-state index in [-0.39, 0.29) is 17.4 Å². The van der Waals surface area contributed by atoms with Crippen LogP contribution in [0.4, 0.5) is 0 Å². The minimum absolute atomic E-state index is 0.00239. The van der Waals surface area contributed by atoms with Gasteiger partial charge in [0.1, 0.15) is 18.1 Å². The fourth-order valence-corrected chi connectivity index (χ4v) is 1.75. The molecule has 1 saturated carbocycles. The van der Waals surface area contributed by atoms with Crippen molar-refractivity contribution >= 4 is 6.29 Å². The second-order valence-electron chi connectivity index (χ2n) is 4.33. The van der Waals surface area contributed by atoms with Gasteiger partial charge in [-0.05, 0) is 12.1 Å². The molecule has 0 radical (unpaired) electrons. The number of hydrogen-bond donors (Lipinski definition) is 0. The Hall–Kier alpha value is -1.31. The van der Waals surface area contributed by atoms with E-state index >= 15 is 0 Å². The normalized spacial score (nSPS) is 28.1. The number of benzene rings is 1. The number of hydrogen-bond acceptors (Lipinski definition) is 2. The zero-order chi connectivity index (χ0) is 10.2. The van der Waals surface area contributed by atoms with Crippen molar-refractivity contribution in [2.45, 2.75) is 20.0 Å². The summed E-state index contributed by atoms with van der Waals surface area (Å²) in [5, 5.41) is 0. The maximum absolute atomic E-state index is 10.7. The SMILES string of the molecule is CC1(C)C(C=O)C1Oc1ccccc1. The first-order valence-corrected chi connectivity index (χ1v) is 4.83. The van der Waals surface area contributed by atoms with Crippen molar-refractivity contribution < 1.29 is 9.53 Å². The standard InChI is InChI=1S/C12H14O2/c1-12(2)10(8-13)11(12)14-9-6-4-3-5-7-9/h3-8,10-11H,1-2H3. The Kier molecular flexibility index (Phi) is 2.06. The molecule has 0 bridgehead atoms. The fraction of sp³-hybridized carbons (Fsp3) is 0.417. The van der Waals surface area contributed by atoms with Gasteiger partial charge in [-0.15, -0.1) is 0 Å². The van der Waals surface area contributed by atoms with E-state index in [2.05, 4.69) is 13.8 Å². The van der Waals surface area contributed by atoms with Crippen LogP contribution >= 0.6 is 0 Å². The molecule has 1 aromatic rings. The molecule has 0 saturated heterocycles. The molecule has 14 heavy (non-hydrogen) atoms. The van der Waals surface area contributed by atoms with Gasteiger partial charge in [-0.25, -0.2) is 0 Å². The van der Waals surface area contributed by atoms with Crippen molar-refractivity contribution in [1.82, 2.24) is 0 Å². The molecule has 74 valence electrons. The van der Waals surface area contributed by atoms with Crippen LogP contribution in [-0.4, -0.2) is 12.4 Å². The van der Waals surface area contributed by atoms with Crippen LogP contribution in [-0.2, 0) is 4.79 Å². The second kappa shape index (κ2) is 3.12. The van der Waals surface area contributed by atoms with E-state index in [9.17, 15) is 4.79 Å². The Bertz CT molecular complexity index is 329. The Balaban J connectivity index is 2.05. The van der Waals surface area contributed by atoms with Crippen LogP contribution in [0.2, 0.25) is 0 Å². The molecule has 2 atom stereocenters. The number of rotatable bonds is 3. The molecule has 0 spiro atoms. The Morgan fingerprint density at radius 2 is 1.93 bits per heavy atom. The van der Waals surface area contributed by atoms with Crippen LogP contribution in [0.5, 0.6) is 5.75 Å². The number of ether oxygens (including phenoxy) is 1. The van der Waals surface area contributed by atoms with Gasteiger partial charge in [0.15, 0.2) is 0 Å². The Morgan fingerprint density at radius 3 is 2.43 bits per heavy atom. The topological polar surface area (TPSA) is 26.3 Å². The lowest BCUT2D eigenvalue weighted by atomic mass is 10.1. The molecular formula is C12H14O2. The number of aldehydes is 1. The van der Waals surface area contributed by atoms with E-state index < -0.39 is 0 Å². The number of carbonyl (C=O) groups excluding carboxylic acids is 1. The summed E-state index contributed by atoms with van der Waals surface area (Å²) in [5.41, 5.74) is -0.00239. The maximum Gasteiger partial charge on any atom is 0.127 e. The zero-order valence-corrected chi connectivity index (χ0v) is 8.44. The van der Waals surface area contributed by atoms with Crippen LogP contribution in [0.1, 0.15) is 13.8 Å². The van der Waals surface area contributed by atoms with Crippen LogP contribution in [0.15, 0.2) is 30.3 Å². The van der Waals surface area contributed by atoms with Crippen LogP contribution in [0.25, 0.3) is 0 Å². The van der Waals surface area contributed by atoms with Gasteiger partial charge in [0.25, 0.3) is 0 Å². The van der Waals surface area contributed by atoms with Gasteiger partial charge in [-0.2, -0.15) is 0 Å². The number of para-hydroxylation sites is 1. The molecule has 0 amide bonds. The van der Waals surface area contributed by atoms with E-state index in [1.807, 2.05) is 30.3 Å². The minimum atomic E-state index is -0.00239. The van der Waals surface area contributed by atoms with E-state index in [1.54, 1.807) is 0 Å². The lowest BCUT2D eigenvalue weighted by Gasteiger charge is -2.06. The van der Waals surface area contributed by atoms with Gasteiger partial charge in [-0.3, -0.25) is 0 Å². The third kappa shape index (κ3) is 1.41. The summed E-state index contributed by atoms with van der Waals surface area (Å²) < 4.78 is 5.71. The number of carbonyl (C=O) groups is 1. The average molecular weight is 190 g/mol. The summed E-state index contributed by atoms with van der Waals surface area (Å²) >= 11 is 0. The van der Waals surface area contributed by atoms with E-state index in [0.717, 1.165) is 12.0 Å². The fourth-order valence-electron chi connectivity index (χ4n) is 1.75. The molecular weight excluding hydrogens is 176 g/mol. The third-order valence-corrected chi connectivity index (χ3v) is 2.96. The van der Waals surface area contributed by atoms with Crippen LogP contribution in [0, 0.1) is 11.3 Å². The Labute approximate surface area is 83.9 Å². The van der Waals surface area contributed by atoms with Crippen molar-refractivity contribution in [3.63, 3.8) is 0 Å². The van der Waals surface area contributed by atoms with Crippen molar-refractivity contribution in [1.29, 1.82) is 0 Å². The van der Waals surface area contributed by atoms with E-state index in [4.69, 9.17) is 4.74 Å². The molecule has 0 aromatic heterocycles. The predicted molar refractivity (Wildman–Crippen MR) is 54.2 cm³/mol. The van der Waals surface area contributed by atoms with Gasteiger partial charge >= 0.3 is 0 Å². The summed E-state index contributed by atoms with van der Waals surface area (Å²) in [5.74, 6) is 0.887. The van der Waals surface area contributed by atoms with Gasteiger partial charge in [0, 0.05) is 5.41 Å². The molecule has 2 heteroatoms. The zero-order valence-electron chi connectivity index (χ0n) is 8.44.